The minimum Gasteiger partial charge on any atom is -0.361 e. The van der Waals surface area contributed by atoms with Gasteiger partial charge in [-0.25, -0.2) is 0 Å². The Morgan fingerprint density at radius 1 is 1.38 bits per heavy atom. The normalized spacial score (nSPS) is 11.8. The molecule has 1 rings (SSSR count). The molecule has 0 heterocycles. The predicted octanol–water partition coefficient (Wildman–Crippen LogP) is 1.94. The number of nitrogens with zero attached hydrogens (tertiary/aromatic N) is 1. The molecule has 0 bridgehead atoms. The van der Waals surface area contributed by atoms with E-state index in [-0.39, 0.29) is 6.04 Å². The summed E-state index contributed by atoms with van der Waals surface area (Å²) in [5.74, 6) is 0. The number of amides is 1. The summed E-state index contributed by atoms with van der Waals surface area (Å²) in [5, 5.41) is 13.9. The molecule has 0 aliphatic heterocycles. The van der Waals surface area contributed by atoms with Gasteiger partial charge in [0.1, 0.15) is 0 Å². The molecule has 4 nitrogen and oxygen atoms in total. The molecule has 82 valence electrons. The minimum absolute atomic E-state index is 0.00111. The van der Waals surface area contributed by atoms with Gasteiger partial charge in [0.15, 0.2) is 0 Å². The first-order valence-corrected chi connectivity index (χ1v) is 4.88. The Morgan fingerprint density at radius 2 is 2.06 bits per heavy atom. The monoisotopic (exact) mass is 215 g/mol. The Kier molecular flexibility index (Phi) is 4.61. The predicted molar refractivity (Wildman–Crippen MR) is 62.4 cm³/mol. The summed E-state index contributed by atoms with van der Waals surface area (Å²) < 4.78 is 0. The molecule has 1 aromatic rings. The van der Waals surface area contributed by atoms with Gasteiger partial charge in [0.05, 0.1) is 12.1 Å². The molecule has 0 saturated carbocycles. The zero-order valence-electron chi connectivity index (χ0n) is 8.97. The summed E-state index contributed by atoms with van der Waals surface area (Å²) in [4.78, 5) is 10.3. The second-order valence-corrected chi connectivity index (χ2v) is 3.23. The highest BCUT2D eigenvalue weighted by atomic mass is 16.1. The number of hydrogen-bond donors (Lipinski definition) is 2. The number of rotatable bonds is 5. The van der Waals surface area contributed by atoms with Gasteiger partial charge in [0, 0.05) is 18.0 Å². The molecule has 2 N–H and O–H groups in total. The van der Waals surface area contributed by atoms with Gasteiger partial charge in [-0.3, -0.25) is 4.79 Å². The van der Waals surface area contributed by atoms with Crippen LogP contribution in [0, 0.1) is 11.3 Å². The Morgan fingerprint density at radius 3 is 2.62 bits per heavy atom. The summed E-state index contributed by atoms with van der Waals surface area (Å²) >= 11 is 0. The molecule has 1 unspecified atom stereocenters. The Labute approximate surface area is 94.6 Å². The quantitative estimate of drug-likeness (QED) is 0.582. The van der Waals surface area contributed by atoms with Crippen LogP contribution in [0.5, 0.6) is 0 Å². The van der Waals surface area contributed by atoms with Crippen molar-refractivity contribution in [3.05, 3.63) is 42.1 Å². The van der Waals surface area contributed by atoms with Crippen molar-refractivity contribution in [2.75, 3.05) is 5.32 Å². The number of nitrogens with one attached hydrogen (secondary N) is 2. The van der Waals surface area contributed by atoms with Gasteiger partial charge in [0.25, 0.3) is 0 Å². The van der Waals surface area contributed by atoms with Crippen LogP contribution in [0.2, 0.25) is 0 Å². The molecule has 1 amide bonds. The van der Waals surface area contributed by atoms with E-state index in [1.165, 1.54) is 6.08 Å². The lowest BCUT2D eigenvalue weighted by molar-refractivity contribution is -0.110. The molecule has 0 aromatic heterocycles. The van der Waals surface area contributed by atoms with Gasteiger partial charge < -0.3 is 10.6 Å². The summed E-state index contributed by atoms with van der Waals surface area (Å²) in [6, 6.07) is 9.51. The van der Waals surface area contributed by atoms with Gasteiger partial charge in [-0.2, -0.15) is 5.26 Å². The van der Waals surface area contributed by atoms with Gasteiger partial charge in [-0.1, -0.05) is 12.1 Å². The van der Waals surface area contributed by atoms with Crippen LogP contribution in [0.15, 0.2) is 36.5 Å². The number of benzene rings is 1. The van der Waals surface area contributed by atoms with Crippen molar-refractivity contribution < 1.29 is 4.79 Å². The highest BCUT2D eigenvalue weighted by Crippen LogP contribution is 2.15. The lowest BCUT2D eigenvalue weighted by atomic mass is 10.1. The first-order valence-electron chi connectivity index (χ1n) is 4.88. The second-order valence-electron chi connectivity index (χ2n) is 3.23. The van der Waals surface area contributed by atoms with Gasteiger partial charge >= 0.3 is 0 Å². The largest absolute Gasteiger partial charge is 0.361 e. The van der Waals surface area contributed by atoms with E-state index in [1.807, 2.05) is 37.3 Å². The van der Waals surface area contributed by atoms with Crippen molar-refractivity contribution in [3.63, 3.8) is 0 Å². The SMILES string of the molecule is CC(NC=O)c1ccc(N/C=C\C#N)cc1. The molecular formula is C12H13N3O. The van der Waals surface area contributed by atoms with Crippen LogP contribution >= 0.6 is 0 Å². The van der Waals surface area contributed by atoms with Crippen LogP contribution in [-0.2, 0) is 4.79 Å². The second kappa shape index (κ2) is 6.25. The number of carbonyl (C=O) groups excluding carboxylic acids is 1. The Bertz CT molecular complexity index is 403. The average molecular weight is 215 g/mol. The molecule has 0 fully saturated rings. The number of carbonyl (C=O) groups is 1. The van der Waals surface area contributed by atoms with Crippen molar-refractivity contribution in [1.29, 1.82) is 5.26 Å². The van der Waals surface area contributed by atoms with E-state index < -0.39 is 0 Å². The van der Waals surface area contributed by atoms with E-state index in [0.29, 0.717) is 6.41 Å². The standard InChI is InChI=1S/C12H13N3O/c1-10(15-9-16)11-3-5-12(6-4-11)14-8-2-7-13/h2-6,8-10,14H,1H3,(H,15,16)/b8-2-. The van der Waals surface area contributed by atoms with E-state index in [4.69, 9.17) is 5.26 Å². The fourth-order valence-corrected chi connectivity index (χ4v) is 1.24. The topological polar surface area (TPSA) is 64.9 Å². The van der Waals surface area contributed by atoms with Crippen molar-refractivity contribution in [1.82, 2.24) is 5.32 Å². The summed E-state index contributed by atoms with van der Waals surface area (Å²) in [6.45, 7) is 1.91. The molecule has 0 spiro atoms. The number of anilines is 1. The molecule has 1 atom stereocenters. The van der Waals surface area contributed by atoms with Crippen LogP contribution in [-0.4, -0.2) is 6.41 Å². The van der Waals surface area contributed by atoms with Crippen LogP contribution in [0.3, 0.4) is 0 Å². The van der Waals surface area contributed by atoms with Crippen LogP contribution in [0.25, 0.3) is 0 Å². The highest BCUT2D eigenvalue weighted by molar-refractivity contribution is 5.50. The third-order valence-corrected chi connectivity index (χ3v) is 2.14. The first kappa shape index (κ1) is 11.8. The summed E-state index contributed by atoms with van der Waals surface area (Å²) in [6.07, 6.45) is 3.62. The van der Waals surface area contributed by atoms with Crippen LogP contribution in [0.4, 0.5) is 5.69 Å². The zero-order chi connectivity index (χ0) is 11.8. The van der Waals surface area contributed by atoms with E-state index in [2.05, 4.69) is 10.6 Å². The number of nitriles is 1. The van der Waals surface area contributed by atoms with Gasteiger partial charge in [-0.15, -0.1) is 0 Å². The molecule has 0 aliphatic rings. The lowest BCUT2D eigenvalue weighted by Crippen LogP contribution is -2.15. The summed E-state index contributed by atoms with van der Waals surface area (Å²) in [5.41, 5.74) is 1.93. The van der Waals surface area contributed by atoms with Crippen molar-refractivity contribution >= 4 is 12.1 Å². The average Bonchev–Trinajstić information content (AvgIpc) is 2.30. The molecule has 0 radical (unpaired) electrons. The summed E-state index contributed by atoms with van der Waals surface area (Å²) in [7, 11) is 0. The molecule has 1 aromatic carbocycles. The van der Waals surface area contributed by atoms with E-state index in [9.17, 15) is 4.79 Å². The third-order valence-electron chi connectivity index (χ3n) is 2.14. The smallest absolute Gasteiger partial charge is 0.207 e. The van der Waals surface area contributed by atoms with Crippen LogP contribution < -0.4 is 10.6 Å². The van der Waals surface area contributed by atoms with Crippen molar-refractivity contribution in [3.8, 4) is 6.07 Å². The zero-order valence-corrected chi connectivity index (χ0v) is 8.97. The fraction of sp³-hybridized carbons (Fsp3) is 0.167. The maximum atomic E-state index is 10.3. The van der Waals surface area contributed by atoms with E-state index in [1.54, 1.807) is 6.20 Å². The highest BCUT2D eigenvalue weighted by Gasteiger charge is 2.02. The minimum atomic E-state index is 0.00111. The molecule has 0 aliphatic carbocycles. The van der Waals surface area contributed by atoms with Gasteiger partial charge in [0.2, 0.25) is 6.41 Å². The number of allylic oxidation sites excluding steroid dienone is 1. The Hall–Kier alpha value is -2.28. The third kappa shape index (κ3) is 3.46. The fourth-order valence-electron chi connectivity index (χ4n) is 1.24. The van der Waals surface area contributed by atoms with Crippen LogP contribution in [0.1, 0.15) is 18.5 Å². The van der Waals surface area contributed by atoms with Crippen molar-refractivity contribution in [2.24, 2.45) is 0 Å². The molecule has 0 saturated heterocycles. The van der Waals surface area contributed by atoms with E-state index in [0.717, 1.165) is 11.3 Å². The van der Waals surface area contributed by atoms with Gasteiger partial charge in [-0.05, 0) is 24.6 Å². The molecular weight excluding hydrogens is 202 g/mol. The maximum Gasteiger partial charge on any atom is 0.207 e. The number of hydrogen-bond acceptors (Lipinski definition) is 3. The van der Waals surface area contributed by atoms with Crippen molar-refractivity contribution in [2.45, 2.75) is 13.0 Å². The lowest BCUT2D eigenvalue weighted by Gasteiger charge is -2.10. The molecule has 16 heavy (non-hydrogen) atoms. The first-order chi connectivity index (χ1) is 7.77. The molecule has 4 heteroatoms. The Balaban J connectivity index is 2.64. The van der Waals surface area contributed by atoms with E-state index >= 15 is 0 Å². The maximum absolute atomic E-state index is 10.3.